The van der Waals surface area contributed by atoms with Crippen molar-refractivity contribution in [2.45, 2.75) is 11.4 Å². The van der Waals surface area contributed by atoms with Gasteiger partial charge in [0.1, 0.15) is 5.75 Å². The third-order valence-electron chi connectivity index (χ3n) is 4.50. The Bertz CT molecular complexity index is 1080. The molecule has 29 heavy (non-hydrogen) atoms. The number of thiophene rings is 1. The largest absolute Gasteiger partial charge is 0.495 e. The summed E-state index contributed by atoms with van der Waals surface area (Å²) in [7, 11) is 0.892. The molecule has 0 atom stereocenters. The second-order valence-electron chi connectivity index (χ2n) is 6.41. The molecule has 152 valence electrons. The van der Waals surface area contributed by atoms with Crippen LogP contribution in [0.5, 0.6) is 5.75 Å². The average molecular weight is 431 g/mol. The summed E-state index contributed by atoms with van der Waals surface area (Å²) in [6, 6.07) is 16.8. The number of anilines is 1. The van der Waals surface area contributed by atoms with Crippen molar-refractivity contribution in [2.75, 3.05) is 25.5 Å². The minimum Gasteiger partial charge on any atom is -0.495 e. The van der Waals surface area contributed by atoms with Gasteiger partial charge in [0, 0.05) is 24.5 Å². The first-order chi connectivity index (χ1) is 13.8. The lowest BCUT2D eigenvalue weighted by Crippen LogP contribution is -2.27. The number of sulfonamides is 1. The topological polar surface area (TPSA) is 66.9 Å². The summed E-state index contributed by atoms with van der Waals surface area (Å²) in [4.78, 5) is 15.4. The summed E-state index contributed by atoms with van der Waals surface area (Å²) in [6.45, 7) is 0.507. The van der Waals surface area contributed by atoms with Gasteiger partial charge >= 0.3 is 0 Å². The van der Waals surface area contributed by atoms with E-state index in [-0.39, 0.29) is 10.8 Å². The SMILES string of the molecule is COc1ccccc1N(C)S(=O)(=O)c1ccc(C(=O)N(C)Cc2cccs2)cc1. The van der Waals surface area contributed by atoms with Crippen LogP contribution in [0.1, 0.15) is 15.2 Å². The van der Waals surface area contributed by atoms with Crippen LogP contribution in [0.25, 0.3) is 0 Å². The molecule has 1 heterocycles. The molecule has 0 N–H and O–H groups in total. The molecule has 1 aromatic heterocycles. The molecule has 0 aliphatic heterocycles. The highest BCUT2D eigenvalue weighted by Gasteiger charge is 2.24. The zero-order valence-electron chi connectivity index (χ0n) is 16.4. The number of hydrogen-bond acceptors (Lipinski definition) is 5. The first kappa shape index (κ1) is 20.9. The molecule has 0 radical (unpaired) electrons. The van der Waals surface area contributed by atoms with Crippen LogP contribution in [0.15, 0.2) is 70.9 Å². The van der Waals surface area contributed by atoms with E-state index in [4.69, 9.17) is 4.74 Å². The van der Waals surface area contributed by atoms with E-state index in [2.05, 4.69) is 0 Å². The first-order valence-electron chi connectivity index (χ1n) is 8.84. The summed E-state index contributed by atoms with van der Waals surface area (Å²) >= 11 is 1.58. The smallest absolute Gasteiger partial charge is 0.264 e. The average Bonchev–Trinajstić information content (AvgIpc) is 3.25. The molecule has 1 amide bonds. The third-order valence-corrected chi connectivity index (χ3v) is 7.15. The Hall–Kier alpha value is -2.84. The van der Waals surface area contributed by atoms with Gasteiger partial charge in [0.25, 0.3) is 15.9 Å². The van der Waals surface area contributed by atoms with Gasteiger partial charge in [0.15, 0.2) is 0 Å². The fraction of sp³-hybridized carbons (Fsp3) is 0.190. The van der Waals surface area contributed by atoms with Gasteiger partial charge in [-0.3, -0.25) is 9.10 Å². The van der Waals surface area contributed by atoms with Gasteiger partial charge < -0.3 is 9.64 Å². The van der Waals surface area contributed by atoms with Crippen molar-refractivity contribution < 1.29 is 17.9 Å². The van der Waals surface area contributed by atoms with E-state index in [0.29, 0.717) is 23.5 Å². The highest BCUT2D eigenvalue weighted by Crippen LogP contribution is 2.30. The zero-order valence-corrected chi connectivity index (χ0v) is 18.0. The summed E-state index contributed by atoms with van der Waals surface area (Å²) < 4.78 is 32.4. The van der Waals surface area contributed by atoms with Crippen molar-refractivity contribution in [3.05, 3.63) is 76.5 Å². The predicted octanol–water partition coefficient (Wildman–Crippen LogP) is 3.85. The molecule has 0 aliphatic carbocycles. The van der Waals surface area contributed by atoms with Crippen LogP contribution in [-0.2, 0) is 16.6 Å². The quantitative estimate of drug-likeness (QED) is 0.571. The lowest BCUT2D eigenvalue weighted by molar-refractivity contribution is 0.0786. The Morgan fingerprint density at radius 2 is 1.69 bits per heavy atom. The van der Waals surface area contributed by atoms with Gasteiger partial charge in [-0.2, -0.15) is 0 Å². The number of amides is 1. The fourth-order valence-corrected chi connectivity index (χ4v) is 4.84. The normalized spacial score (nSPS) is 11.1. The van der Waals surface area contributed by atoms with Gasteiger partial charge in [-0.25, -0.2) is 8.42 Å². The van der Waals surface area contributed by atoms with E-state index in [1.54, 1.807) is 47.5 Å². The van der Waals surface area contributed by atoms with E-state index < -0.39 is 10.0 Å². The van der Waals surface area contributed by atoms with Crippen molar-refractivity contribution in [1.82, 2.24) is 4.90 Å². The van der Waals surface area contributed by atoms with Gasteiger partial charge in [-0.15, -0.1) is 11.3 Å². The molecule has 0 aliphatic rings. The van der Waals surface area contributed by atoms with Gasteiger partial charge in [0.2, 0.25) is 0 Å². The monoisotopic (exact) mass is 430 g/mol. The van der Waals surface area contributed by atoms with Crippen LogP contribution in [0.4, 0.5) is 5.69 Å². The Morgan fingerprint density at radius 3 is 2.31 bits per heavy atom. The minimum atomic E-state index is -3.80. The number of para-hydroxylation sites is 2. The molecule has 0 spiro atoms. The molecular weight excluding hydrogens is 408 g/mol. The number of carbonyl (C=O) groups excluding carboxylic acids is 1. The maximum absolute atomic E-state index is 13.0. The Balaban J connectivity index is 1.80. The maximum atomic E-state index is 13.0. The number of ether oxygens (including phenoxy) is 1. The molecule has 0 unspecified atom stereocenters. The summed E-state index contributed by atoms with van der Waals surface area (Å²) in [5.41, 5.74) is 0.869. The summed E-state index contributed by atoms with van der Waals surface area (Å²) in [6.07, 6.45) is 0. The Labute approximate surface area is 175 Å². The molecule has 8 heteroatoms. The lowest BCUT2D eigenvalue weighted by atomic mass is 10.2. The van der Waals surface area contributed by atoms with Crippen molar-refractivity contribution in [2.24, 2.45) is 0 Å². The number of benzene rings is 2. The second kappa shape index (κ2) is 8.67. The van der Waals surface area contributed by atoms with E-state index in [0.717, 1.165) is 4.88 Å². The second-order valence-corrected chi connectivity index (χ2v) is 9.41. The number of rotatable bonds is 7. The standard InChI is InChI=1S/C21H22N2O4S2/c1-22(15-17-7-6-14-28-17)21(24)16-10-12-18(13-11-16)29(25,26)23(2)19-8-4-5-9-20(19)27-3/h4-14H,15H2,1-3H3. The van der Waals surface area contributed by atoms with E-state index in [9.17, 15) is 13.2 Å². The molecule has 0 saturated carbocycles. The van der Waals surface area contributed by atoms with Crippen LogP contribution in [-0.4, -0.2) is 40.4 Å². The van der Waals surface area contributed by atoms with Gasteiger partial charge in [-0.1, -0.05) is 18.2 Å². The molecule has 2 aromatic carbocycles. The fourth-order valence-electron chi connectivity index (χ4n) is 2.88. The molecule has 0 saturated heterocycles. The zero-order chi connectivity index (χ0) is 21.0. The lowest BCUT2D eigenvalue weighted by Gasteiger charge is -2.22. The predicted molar refractivity (Wildman–Crippen MR) is 115 cm³/mol. The molecule has 3 aromatic rings. The van der Waals surface area contributed by atoms with Gasteiger partial charge in [-0.05, 0) is 47.8 Å². The third kappa shape index (κ3) is 4.44. The van der Waals surface area contributed by atoms with E-state index >= 15 is 0 Å². The van der Waals surface area contributed by atoms with E-state index in [1.165, 1.54) is 42.7 Å². The van der Waals surface area contributed by atoms with Crippen LogP contribution >= 0.6 is 11.3 Å². The summed E-state index contributed by atoms with van der Waals surface area (Å²) in [5, 5.41) is 1.96. The van der Waals surface area contributed by atoms with E-state index in [1.807, 2.05) is 17.5 Å². The van der Waals surface area contributed by atoms with Crippen molar-refractivity contribution in [1.29, 1.82) is 0 Å². The van der Waals surface area contributed by atoms with Crippen LogP contribution < -0.4 is 9.04 Å². The minimum absolute atomic E-state index is 0.100. The number of carbonyl (C=O) groups is 1. The van der Waals surface area contributed by atoms with Gasteiger partial charge in [0.05, 0.1) is 24.2 Å². The molecule has 3 rings (SSSR count). The Morgan fingerprint density at radius 1 is 1.00 bits per heavy atom. The highest BCUT2D eigenvalue weighted by molar-refractivity contribution is 7.92. The maximum Gasteiger partial charge on any atom is 0.264 e. The van der Waals surface area contributed by atoms with Crippen LogP contribution in [0.3, 0.4) is 0 Å². The first-order valence-corrected chi connectivity index (χ1v) is 11.2. The summed E-state index contributed by atoms with van der Waals surface area (Å²) in [5.74, 6) is 0.293. The van der Waals surface area contributed by atoms with Crippen molar-refractivity contribution in [3.63, 3.8) is 0 Å². The van der Waals surface area contributed by atoms with Crippen LogP contribution in [0, 0.1) is 0 Å². The number of nitrogens with zero attached hydrogens (tertiary/aromatic N) is 2. The van der Waals surface area contributed by atoms with Crippen LogP contribution in [0.2, 0.25) is 0 Å². The number of hydrogen-bond donors (Lipinski definition) is 0. The van der Waals surface area contributed by atoms with Crippen molar-refractivity contribution in [3.8, 4) is 5.75 Å². The molecular formula is C21H22N2O4S2. The molecule has 0 bridgehead atoms. The number of methoxy groups -OCH3 is 1. The highest BCUT2D eigenvalue weighted by atomic mass is 32.2. The molecule has 6 nitrogen and oxygen atoms in total. The van der Waals surface area contributed by atoms with Crippen molar-refractivity contribution >= 4 is 33.0 Å². The molecule has 0 fully saturated rings. The Kier molecular flexibility index (Phi) is 6.24.